The molecule has 0 saturated carbocycles. The minimum atomic E-state index is -0.732. The van der Waals surface area contributed by atoms with Gasteiger partial charge in [0.2, 0.25) is 0 Å². The number of amides is 2. The van der Waals surface area contributed by atoms with Gasteiger partial charge >= 0.3 is 6.03 Å². The molecular formula is C27H27Cl2N5O4. The molecule has 0 spiro atoms. The van der Waals surface area contributed by atoms with E-state index in [2.05, 4.69) is 5.32 Å². The van der Waals surface area contributed by atoms with Crippen LogP contribution in [0.4, 0.5) is 16.2 Å². The number of methoxy groups -OCH3 is 2. The molecular weight excluding hydrogens is 529 g/mol. The minimum Gasteiger partial charge on any atom is -0.497 e. The summed E-state index contributed by atoms with van der Waals surface area (Å²) >= 11 is 12.2. The van der Waals surface area contributed by atoms with E-state index in [1.807, 2.05) is 0 Å². The van der Waals surface area contributed by atoms with Gasteiger partial charge in [-0.05, 0) is 61.5 Å². The summed E-state index contributed by atoms with van der Waals surface area (Å²) < 4.78 is 12.4. The Kier molecular flexibility index (Phi) is 8.41. The number of hydrogen-bond donors (Lipinski definition) is 2. The van der Waals surface area contributed by atoms with Crippen molar-refractivity contribution in [3.8, 4) is 11.5 Å². The van der Waals surface area contributed by atoms with Crippen LogP contribution in [0.2, 0.25) is 10.0 Å². The fraction of sp³-hybridized carbons (Fsp3) is 0.222. The first kappa shape index (κ1) is 27.3. The molecule has 0 bridgehead atoms. The first-order chi connectivity index (χ1) is 18.3. The Balaban J connectivity index is 1.90. The van der Waals surface area contributed by atoms with E-state index in [4.69, 9.17) is 43.4 Å². The predicted molar refractivity (Wildman–Crippen MR) is 151 cm³/mol. The quantitative estimate of drug-likeness (QED) is 0.297. The summed E-state index contributed by atoms with van der Waals surface area (Å²) in [5.74, 6) is 1.29. The zero-order chi connectivity index (χ0) is 27.4. The number of nitrogens with zero attached hydrogens (tertiary/aromatic N) is 3. The van der Waals surface area contributed by atoms with Crippen LogP contribution in [-0.4, -0.2) is 36.3 Å². The highest BCUT2D eigenvalue weighted by Gasteiger charge is 2.30. The second-order valence-corrected chi connectivity index (χ2v) is 9.27. The van der Waals surface area contributed by atoms with Crippen molar-refractivity contribution in [2.45, 2.75) is 19.5 Å². The summed E-state index contributed by atoms with van der Waals surface area (Å²) in [7, 11) is 3.04. The molecule has 1 heterocycles. The van der Waals surface area contributed by atoms with Crippen LogP contribution in [0.5, 0.6) is 11.5 Å². The van der Waals surface area contributed by atoms with Crippen LogP contribution in [-0.2, 0) is 6.54 Å². The van der Waals surface area contributed by atoms with Gasteiger partial charge in [-0.25, -0.2) is 9.78 Å². The number of aromatic nitrogens is 2. The van der Waals surface area contributed by atoms with E-state index in [1.54, 1.807) is 74.7 Å². The SMILES string of the molecule is COc1ccc(N(C(=O)Nc2ccc(Cl)cc2)C(C)c2nc3ccc(Cl)cc3c(=O)n2CCN)c(OC)c1. The van der Waals surface area contributed by atoms with Gasteiger partial charge in [-0.3, -0.25) is 14.3 Å². The summed E-state index contributed by atoms with van der Waals surface area (Å²) in [6, 6.07) is 15.5. The van der Waals surface area contributed by atoms with E-state index in [9.17, 15) is 9.59 Å². The van der Waals surface area contributed by atoms with E-state index < -0.39 is 12.1 Å². The van der Waals surface area contributed by atoms with Crippen molar-refractivity contribution >= 4 is 51.5 Å². The number of urea groups is 1. The third-order valence-electron chi connectivity index (χ3n) is 6.02. The van der Waals surface area contributed by atoms with Gasteiger partial charge in [0.15, 0.2) is 0 Å². The normalized spacial score (nSPS) is 11.7. The first-order valence-corrected chi connectivity index (χ1v) is 12.5. The topological polar surface area (TPSA) is 112 Å². The Morgan fingerprint density at radius 2 is 1.76 bits per heavy atom. The lowest BCUT2D eigenvalue weighted by atomic mass is 10.1. The highest BCUT2D eigenvalue weighted by molar-refractivity contribution is 6.31. The van der Waals surface area contributed by atoms with Gasteiger partial charge < -0.3 is 20.5 Å². The lowest BCUT2D eigenvalue weighted by molar-refractivity contribution is 0.254. The van der Waals surface area contributed by atoms with Crippen LogP contribution in [0.25, 0.3) is 10.9 Å². The summed E-state index contributed by atoms with van der Waals surface area (Å²) in [5.41, 5.74) is 6.99. The number of nitrogens with one attached hydrogen (secondary N) is 1. The van der Waals surface area contributed by atoms with Crippen LogP contribution >= 0.6 is 23.2 Å². The molecule has 4 rings (SSSR count). The van der Waals surface area contributed by atoms with Crippen LogP contribution in [0.15, 0.2) is 65.5 Å². The Bertz CT molecular complexity index is 1520. The molecule has 1 unspecified atom stereocenters. The van der Waals surface area contributed by atoms with Gasteiger partial charge in [0.05, 0.1) is 36.9 Å². The third kappa shape index (κ3) is 5.55. The number of rotatable bonds is 8. The lowest BCUT2D eigenvalue weighted by Gasteiger charge is -2.31. The number of anilines is 2. The standard InChI is InChI=1S/C27H27Cl2N5O4/c1-16(25-32-22-10-6-18(29)14-21(22)26(35)33(25)13-12-30)34(23-11-9-20(37-2)15-24(23)38-3)27(36)31-19-7-4-17(28)5-8-19/h4-11,14-16H,12-13,30H2,1-3H3,(H,31,36). The Hall–Kier alpha value is -3.79. The molecule has 1 atom stereocenters. The van der Waals surface area contributed by atoms with Gasteiger partial charge in [0.25, 0.3) is 5.56 Å². The second-order valence-electron chi connectivity index (χ2n) is 8.40. The van der Waals surface area contributed by atoms with Crippen molar-refractivity contribution in [1.82, 2.24) is 9.55 Å². The molecule has 0 aliphatic rings. The predicted octanol–water partition coefficient (Wildman–Crippen LogP) is 5.48. The second kappa shape index (κ2) is 11.7. The van der Waals surface area contributed by atoms with E-state index in [0.717, 1.165) is 0 Å². The molecule has 2 amide bonds. The van der Waals surface area contributed by atoms with Crippen molar-refractivity contribution in [2.24, 2.45) is 5.73 Å². The molecule has 3 N–H and O–H groups in total. The lowest BCUT2D eigenvalue weighted by Crippen LogP contribution is -2.41. The fourth-order valence-electron chi connectivity index (χ4n) is 4.18. The molecule has 38 heavy (non-hydrogen) atoms. The maximum absolute atomic E-state index is 13.8. The Morgan fingerprint density at radius 1 is 1.05 bits per heavy atom. The van der Waals surface area contributed by atoms with Gasteiger partial charge in [-0.1, -0.05) is 23.2 Å². The highest BCUT2D eigenvalue weighted by Crippen LogP contribution is 2.37. The average Bonchev–Trinajstić information content (AvgIpc) is 2.92. The fourth-order valence-corrected chi connectivity index (χ4v) is 4.48. The maximum Gasteiger partial charge on any atom is 0.327 e. The molecule has 0 radical (unpaired) electrons. The van der Waals surface area contributed by atoms with Gasteiger partial charge in [0.1, 0.15) is 17.3 Å². The molecule has 0 saturated heterocycles. The number of carbonyl (C=O) groups is 1. The molecule has 0 aliphatic carbocycles. The summed E-state index contributed by atoms with van der Waals surface area (Å²) in [5, 5.41) is 4.21. The summed E-state index contributed by atoms with van der Waals surface area (Å²) in [4.78, 5) is 33.6. The van der Waals surface area contributed by atoms with Crippen LogP contribution < -0.4 is 31.0 Å². The van der Waals surface area contributed by atoms with Crippen LogP contribution in [0, 0.1) is 0 Å². The average molecular weight is 556 g/mol. The van der Waals surface area contributed by atoms with Crippen molar-refractivity contribution in [3.05, 3.63) is 86.9 Å². The molecule has 198 valence electrons. The molecule has 4 aromatic rings. The molecule has 11 heteroatoms. The van der Waals surface area contributed by atoms with Crippen molar-refractivity contribution in [1.29, 1.82) is 0 Å². The van der Waals surface area contributed by atoms with E-state index in [1.165, 1.54) is 16.6 Å². The number of nitrogens with two attached hydrogens (primary N) is 1. The zero-order valence-corrected chi connectivity index (χ0v) is 22.6. The Labute approximate surface area is 229 Å². The van der Waals surface area contributed by atoms with Crippen LogP contribution in [0.3, 0.4) is 0 Å². The molecule has 9 nitrogen and oxygen atoms in total. The molecule has 3 aromatic carbocycles. The molecule has 1 aromatic heterocycles. The largest absolute Gasteiger partial charge is 0.497 e. The minimum absolute atomic E-state index is 0.191. The number of hydrogen-bond acceptors (Lipinski definition) is 6. The van der Waals surface area contributed by atoms with Gasteiger partial charge in [0, 0.05) is 34.9 Å². The van der Waals surface area contributed by atoms with Crippen molar-refractivity contribution < 1.29 is 14.3 Å². The van der Waals surface area contributed by atoms with Crippen molar-refractivity contribution in [3.63, 3.8) is 0 Å². The van der Waals surface area contributed by atoms with Gasteiger partial charge in [-0.15, -0.1) is 0 Å². The number of benzene rings is 3. The van der Waals surface area contributed by atoms with Crippen molar-refractivity contribution in [2.75, 3.05) is 31.0 Å². The number of fused-ring (bicyclic) bond motifs is 1. The summed E-state index contributed by atoms with van der Waals surface area (Å²) in [6.45, 7) is 2.16. The maximum atomic E-state index is 13.8. The summed E-state index contributed by atoms with van der Waals surface area (Å²) in [6.07, 6.45) is 0. The van der Waals surface area contributed by atoms with Crippen LogP contribution in [0.1, 0.15) is 18.8 Å². The Morgan fingerprint density at radius 3 is 2.42 bits per heavy atom. The molecule has 0 fully saturated rings. The number of ether oxygens (including phenoxy) is 2. The number of carbonyl (C=O) groups excluding carboxylic acids is 1. The van der Waals surface area contributed by atoms with E-state index in [0.29, 0.717) is 49.6 Å². The highest BCUT2D eigenvalue weighted by atomic mass is 35.5. The number of halogens is 2. The first-order valence-electron chi connectivity index (χ1n) is 11.7. The van der Waals surface area contributed by atoms with E-state index >= 15 is 0 Å². The third-order valence-corrected chi connectivity index (χ3v) is 6.51. The monoisotopic (exact) mass is 555 g/mol. The zero-order valence-electron chi connectivity index (χ0n) is 21.1. The van der Waals surface area contributed by atoms with Gasteiger partial charge in [-0.2, -0.15) is 0 Å². The van der Waals surface area contributed by atoms with E-state index in [-0.39, 0.29) is 18.6 Å². The molecule has 0 aliphatic heterocycles. The smallest absolute Gasteiger partial charge is 0.327 e.